The lowest BCUT2D eigenvalue weighted by Gasteiger charge is -2.41. The first-order valence-electron chi connectivity index (χ1n) is 9.25. The number of ketones is 2. The second-order valence-corrected chi connectivity index (χ2v) is 7.95. The molecule has 3 atom stereocenters. The summed E-state index contributed by atoms with van der Waals surface area (Å²) >= 11 is 0. The fraction of sp³-hybridized carbons (Fsp3) is 0.381. The van der Waals surface area contributed by atoms with Crippen molar-refractivity contribution in [3.8, 4) is 0 Å². The number of carbonyl (C=O) groups excluding carboxylic acids is 3. The van der Waals surface area contributed by atoms with E-state index < -0.39 is 40.6 Å². The summed E-state index contributed by atoms with van der Waals surface area (Å²) in [6.07, 6.45) is 1.03. The van der Waals surface area contributed by atoms with Crippen LogP contribution in [0.2, 0.25) is 0 Å². The molecular formula is C21H22N2O5. The number of aliphatic hydroxyl groups excluding tert-OH is 2. The molecule has 146 valence electrons. The van der Waals surface area contributed by atoms with E-state index in [0.29, 0.717) is 18.4 Å². The third-order valence-corrected chi connectivity index (χ3v) is 6.13. The van der Waals surface area contributed by atoms with Gasteiger partial charge in [-0.2, -0.15) is 0 Å². The van der Waals surface area contributed by atoms with Crippen molar-refractivity contribution in [1.82, 2.24) is 0 Å². The summed E-state index contributed by atoms with van der Waals surface area (Å²) in [6.45, 7) is 0. The molecular weight excluding hydrogens is 360 g/mol. The molecule has 1 fully saturated rings. The monoisotopic (exact) mass is 382 g/mol. The Morgan fingerprint density at radius 3 is 2.54 bits per heavy atom. The van der Waals surface area contributed by atoms with E-state index in [2.05, 4.69) is 0 Å². The van der Waals surface area contributed by atoms with E-state index in [1.807, 2.05) is 31.1 Å². The second kappa shape index (κ2) is 6.22. The first kappa shape index (κ1) is 18.3. The normalized spacial score (nSPS) is 26.6. The number of allylic oxidation sites excluding steroid dienone is 2. The highest BCUT2D eigenvalue weighted by molar-refractivity contribution is 6.21. The molecule has 4 N–H and O–H groups in total. The molecule has 3 aliphatic carbocycles. The molecule has 0 heterocycles. The number of benzene rings is 1. The number of rotatable bonds is 2. The first-order chi connectivity index (χ1) is 13.2. The zero-order valence-electron chi connectivity index (χ0n) is 15.7. The van der Waals surface area contributed by atoms with Crippen LogP contribution in [0.5, 0.6) is 0 Å². The number of carbonyl (C=O) groups is 3. The first-order valence-corrected chi connectivity index (χ1v) is 9.25. The molecule has 0 aromatic heterocycles. The smallest absolute Gasteiger partial charge is 0.255 e. The second-order valence-electron chi connectivity index (χ2n) is 7.95. The van der Waals surface area contributed by atoms with Gasteiger partial charge in [0.1, 0.15) is 17.1 Å². The Bertz CT molecular complexity index is 989. The Hall–Kier alpha value is -3.09. The number of hydrogen-bond acceptors (Lipinski definition) is 6. The van der Waals surface area contributed by atoms with Crippen LogP contribution in [0.15, 0.2) is 35.1 Å². The van der Waals surface area contributed by atoms with Gasteiger partial charge in [0.25, 0.3) is 5.91 Å². The van der Waals surface area contributed by atoms with Crippen LogP contribution in [0.25, 0.3) is 5.76 Å². The number of amides is 1. The van der Waals surface area contributed by atoms with Gasteiger partial charge in [-0.1, -0.05) is 12.1 Å². The Morgan fingerprint density at radius 1 is 1.18 bits per heavy atom. The molecule has 1 amide bonds. The minimum Gasteiger partial charge on any atom is -0.511 e. The van der Waals surface area contributed by atoms with Crippen LogP contribution >= 0.6 is 0 Å². The highest BCUT2D eigenvalue weighted by Gasteiger charge is 2.50. The van der Waals surface area contributed by atoms with Gasteiger partial charge in [-0.3, -0.25) is 14.4 Å². The lowest BCUT2D eigenvalue weighted by atomic mass is 9.61. The van der Waals surface area contributed by atoms with Crippen LogP contribution < -0.4 is 10.6 Å². The minimum absolute atomic E-state index is 0.00847. The zero-order chi connectivity index (χ0) is 20.3. The van der Waals surface area contributed by atoms with Gasteiger partial charge in [0.15, 0.2) is 11.6 Å². The Balaban J connectivity index is 1.86. The number of nitrogens with two attached hydrogens (primary N) is 1. The Morgan fingerprint density at radius 2 is 1.89 bits per heavy atom. The molecule has 0 bridgehead atoms. The van der Waals surface area contributed by atoms with Crippen molar-refractivity contribution in [1.29, 1.82) is 0 Å². The van der Waals surface area contributed by atoms with Crippen molar-refractivity contribution >= 4 is 28.9 Å². The number of Topliss-reactive ketones (excluding diaryl/α,β-unsaturated/α-hetero) is 2. The average Bonchev–Trinajstić information content (AvgIpc) is 2.60. The maximum atomic E-state index is 13.2. The van der Waals surface area contributed by atoms with Gasteiger partial charge in [-0.05, 0) is 36.3 Å². The number of primary amides is 1. The topological polar surface area (TPSA) is 121 Å². The van der Waals surface area contributed by atoms with Crippen molar-refractivity contribution in [3.63, 3.8) is 0 Å². The molecule has 28 heavy (non-hydrogen) atoms. The number of nitrogens with zero attached hydrogens (tertiary/aromatic N) is 1. The summed E-state index contributed by atoms with van der Waals surface area (Å²) in [7, 11) is 3.84. The largest absolute Gasteiger partial charge is 0.511 e. The Kier molecular flexibility index (Phi) is 4.06. The number of hydrogen-bond donors (Lipinski definition) is 3. The van der Waals surface area contributed by atoms with Crippen molar-refractivity contribution in [2.24, 2.45) is 23.5 Å². The molecule has 7 nitrogen and oxygen atoms in total. The zero-order valence-corrected chi connectivity index (χ0v) is 15.7. The van der Waals surface area contributed by atoms with Gasteiger partial charge in [0.2, 0.25) is 0 Å². The lowest BCUT2D eigenvalue weighted by molar-refractivity contribution is -0.127. The van der Waals surface area contributed by atoms with E-state index in [1.54, 1.807) is 6.07 Å². The van der Waals surface area contributed by atoms with Gasteiger partial charge >= 0.3 is 0 Å². The van der Waals surface area contributed by atoms with E-state index in [-0.39, 0.29) is 23.7 Å². The van der Waals surface area contributed by atoms with Gasteiger partial charge in [0.05, 0.1) is 5.92 Å². The molecule has 7 heteroatoms. The number of anilines is 1. The Labute approximate surface area is 162 Å². The van der Waals surface area contributed by atoms with Crippen molar-refractivity contribution in [2.75, 3.05) is 19.0 Å². The van der Waals surface area contributed by atoms with Gasteiger partial charge in [-0.15, -0.1) is 0 Å². The fourth-order valence-corrected chi connectivity index (χ4v) is 4.97. The summed E-state index contributed by atoms with van der Waals surface area (Å²) in [5.74, 6) is -4.26. The summed E-state index contributed by atoms with van der Waals surface area (Å²) in [4.78, 5) is 39.0. The van der Waals surface area contributed by atoms with Crippen LogP contribution in [0.4, 0.5) is 5.69 Å². The summed E-state index contributed by atoms with van der Waals surface area (Å²) in [5.41, 5.74) is 7.55. The van der Waals surface area contributed by atoms with E-state index in [9.17, 15) is 24.6 Å². The molecule has 0 aliphatic heterocycles. The quantitative estimate of drug-likeness (QED) is 0.669. The maximum Gasteiger partial charge on any atom is 0.255 e. The van der Waals surface area contributed by atoms with Crippen molar-refractivity contribution < 1.29 is 24.6 Å². The van der Waals surface area contributed by atoms with E-state index in [0.717, 1.165) is 11.3 Å². The fourth-order valence-electron chi connectivity index (χ4n) is 4.97. The van der Waals surface area contributed by atoms with E-state index in [1.165, 1.54) is 0 Å². The maximum absolute atomic E-state index is 13.2. The molecule has 3 unspecified atom stereocenters. The lowest BCUT2D eigenvalue weighted by Crippen LogP contribution is -2.44. The number of fused-ring (bicyclic) bond motifs is 3. The number of aliphatic hydroxyl groups is 2. The molecule has 3 aliphatic rings. The van der Waals surface area contributed by atoms with Gasteiger partial charge in [0, 0.05) is 37.3 Å². The van der Waals surface area contributed by atoms with Crippen molar-refractivity contribution in [3.05, 3.63) is 46.2 Å². The standard InChI is InChI=1S/C21H22N2O5/c1-23(2)13-5-3-4-11-12(13)7-9-6-10-8-14(24)17(21(22)28)20(27)16(10)19(26)15(9)18(11)25/h3-5,9-10,16,25,27H,6-8H2,1-2H3,(H2,22,28). The third kappa shape index (κ3) is 2.46. The van der Waals surface area contributed by atoms with Gasteiger partial charge in [-0.25, -0.2) is 0 Å². The summed E-state index contributed by atoms with van der Waals surface area (Å²) in [5, 5.41) is 21.4. The van der Waals surface area contributed by atoms with Crippen LogP contribution in [-0.4, -0.2) is 41.8 Å². The van der Waals surface area contributed by atoms with E-state index in [4.69, 9.17) is 5.73 Å². The predicted octanol–water partition coefficient (Wildman–Crippen LogP) is 1.67. The average molecular weight is 382 g/mol. The molecule has 1 saturated carbocycles. The van der Waals surface area contributed by atoms with Gasteiger partial charge < -0.3 is 20.8 Å². The summed E-state index contributed by atoms with van der Waals surface area (Å²) in [6, 6.07) is 5.56. The minimum atomic E-state index is -1.03. The molecule has 0 spiro atoms. The van der Waals surface area contributed by atoms with Crippen LogP contribution in [0, 0.1) is 17.8 Å². The highest BCUT2D eigenvalue weighted by Crippen LogP contribution is 2.49. The molecule has 1 aromatic rings. The SMILES string of the molecule is CN(C)c1cccc2c1CC1CC3CC(=O)C(C(N)=O)=C(O)C3C(=O)C1=C2O. The molecule has 0 radical (unpaired) electrons. The van der Waals surface area contributed by atoms with Crippen LogP contribution in [-0.2, 0) is 20.8 Å². The summed E-state index contributed by atoms with van der Waals surface area (Å²) < 4.78 is 0. The third-order valence-electron chi connectivity index (χ3n) is 6.13. The van der Waals surface area contributed by atoms with Crippen molar-refractivity contribution in [2.45, 2.75) is 19.3 Å². The molecule has 0 saturated heterocycles. The highest BCUT2D eigenvalue weighted by atomic mass is 16.3. The molecule has 1 aromatic carbocycles. The van der Waals surface area contributed by atoms with Crippen LogP contribution in [0.3, 0.4) is 0 Å². The molecule has 4 rings (SSSR count). The van der Waals surface area contributed by atoms with E-state index >= 15 is 0 Å². The predicted molar refractivity (Wildman–Crippen MR) is 103 cm³/mol. The van der Waals surface area contributed by atoms with Crippen LogP contribution in [0.1, 0.15) is 24.0 Å².